The number of sulfonamides is 1. The zero-order valence-electron chi connectivity index (χ0n) is 8.40. The number of benzene rings is 1. The first-order valence-corrected chi connectivity index (χ1v) is 5.79. The number of hydrogen-bond acceptors (Lipinski definition) is 3. The topological polar surface area (TPSA) is 83.5 Å². The molecule has 7 heteroatoms. The van der Waals surface area contributed by atoms with Gasteiger partial charge in [0.05, 0.1) is 0 Å². The lowest BCUT2D eigenvalue weighted by Gasteiger charge is -2.06. The van der Waals surface area contributed by atoms with E-state index in [9.17, 15) is 17.6 Å². The molecule has 1 aromatic carbocycles. The van der Waals surface area contributed by atoms with Crippen molar-refractivity contribution >= 4 is 16.0 Å². The van der Waals surface area contributed by atoms with Crippen molar-refractivity contribution < 1.29 is 22.7 Å². The van der Waals surface area contributed by atoms with Gasteiger partial charge in [0, 0.05) is 0 Å². The molecule has 5 nitrogen and oxygen atoms in total. The fourth-order valence-electron chi connectivity index (χ4n) is 1.06. The molecule has 0 saturated heterocycles. The highest BCUT2D eigenvalue weighted by Gasteiger charge is 2.19. The van der Waals surface area contributed by atoms with Gasteiger partial charge < -0.3 is 5.11 Å². The largest absolute Gasteiger partial charge is 0.480 e. The van der Waals surface area contributed by atoms with Crippen LogP contribution in [-0.4, -0.2) is 26.0 Å². The number of aryl methyl sites for hydroxylation is 1. The molecule has 0 aromatic heterocycles. The summed E-state index contributed by atoms with van der Waals surface area (Å²) < 4.78 is 38.0. The molecule has 0 fully saturated rings. The molecule has 0 spiro atoms. The SMILES string of the molecule is Cc1ccc(S(=O)(=O)NCC(=O)O)c(F)c1. The second-order valence-electron chi connectivity index (χ2n) is 3.15. The van der Waals surface area contributed by atoms with Crippen molar-refractivity contribution in [1.29, 1.82) is 0 Å². The van der Waals surface area contributed by atoms with Crippen molar-refractivity contribution in [1.82, 2.24) is 4.72 Å². The molecule has 2 N–H and O–H groups in total. The van der Waals surface area contributed by atoms with Crippen LogP contribution in [-0.2, 0) is 14.8 Å². The smallest absolute Gasteiger partial charge is 0.318 e. The van der Waals surface area contributed by atoms with Gasteiger partial charge in [-0.1, -0.05) is 6.07 Å². The number of halogens is 1. The molecule has 16 heavy (non-hydrogen) atoms. The number of hydrogen-bond donors (Lipinski definition) is 2. The molecule has 0 aliphatic carbocycles. The molecule has 0 bridgehead atoms. The molecule has 0 heterocycles. The number of carboxylic acid groups (broad SMARTS) is 1. The fourth-order valence-corrected chi connectivity index (χ4v) is 2.09. The summed E-state index contributed by atoms with van der Waals surface area (Å²) in [6, 6.07) is 3.59. The van der Waals surface area contributed by atoms with E-state index in [2.05, 4.69) is 0 Å². The van der Waals surface area contributed by atoms with E-state index in [1.807, 2.05) is 0 Å². The summed E-state index contributed by atoms with van der Waals surface area (Å²) in [6.45, 7) is 0.833. The maximum atomic E-state index is 13.3. The molecule has 0 aliphatic rings. The fraction of sp³-hybridized carbons (Fsp3) is 0.222. The number of rotatable bonds is 4. The molecular formula is C9H10FNO4S. The zero-order chi connectivity index (χ0) is 12.3. The van der Waals surface area contributed by atoms with Gasteiger partial charge in [-0.15, -0.1) is 0 Å². The van der Waals surface area contributed by atoms with E-state index in [-0.39, 0.29) is 0 Å². The van der Waals surface area contributed by atoms with Crippen LogP contribution in [0.2, 0.25) is 0 Å². The first-order valence-electron chi connectivity index (χ1n) is 4.30. The van der Waals surface area contributed by atoms with Crippen LogP contribution < -0.4 is 4.72 Å². The Morgan fingerprint density at radius 2 is 2.12 bits per heavy atom. The normalized spacial score (nSPS) is 11.4. The van der Waals surface area contributed by atoms with Crippen LogP contribution >= 0.6 is 0 Å². The van der Waals surface area contributed by atoms with E-state index in [0.717, 1.165) is 12.1 Å². The van der Waals surface area contributed by atoms with Gasteiger partial charge in [0.1, 0.15) is 17.3 Å². The highest BCUT2D eigenvalue weighted by atomic mass is 32.2. The van der Waals surface area contributed by atoms with E-state index in [1.54, 1.807) is 11.6 Å². The van der Waals surface area contributed by atoms with E-state index in [4.69, 9.17) is 5.11 Å². The van der Waals surface area contributed by atoms with Crippen molar-refractivity contribution in [3.63, 3.8) is 0 Å². The summed E-state index contributed by atoms with van der Waals surface area (Å²) in [4.78, 5) is 9.64. The molecule has 1 rings (SSSR count). The van der Waals surface area contributed by atoms with Gasteiger partial charge in [0.2, 0.25) is 10.0 Å². The minimum Gasteiger partial charge on any atom is -0.480 e. The second-order valence-corrected chi connectivity index (χ2v) is 4.89. The molecule has 0 radical (unpaired) electrons. The lowest BCUT2D eigenvalue weighted by Crippen LogP contribution is -2.30. The second kappa shape index (κ2) is 4.58. The van der Waals surface area contributed by atoms with Gasteiger partial charge >= 0.3 is 5.97 Å². The molecule has 0 aliphatic heterocycles. The predicted molar refractivity (Wildman–Crippen MR) is 54.0 cm³/mol. The minimum atomic E-state index is -4.11. The van der Waals surface area contributed by atoms with Gasteiger partial charge in [0.15, 0.2) is 0 Å². The molecule has 88 valence electrons. The Labute approximate surface area is 92.0 Å². The maximum Gasteiger partial charge on any atom is 0.318 e. The Bertz CT molecular complexity index is 512. The molecule has 0 amide bonds. The summed E-state index contributed by atoms with van der Waals surface area (Å²) in [5.74, 6) is -2.24. The summed E-state index contributed by atoms with van der Waals surface area (Å²) in [7, 11) is -4.11. The van der Waals surface area contributed by atoms with Crippen LogP contribution in [0.1, 0.15) is 5.56 Å². The Kier molecular flexibility index (Phi) is 3.61. The summed E-state index contributed by atoms with van der Waals surface area (Å²) in [5, 5.41) is 8.32. The third-order valence-electron chi connectivity index (χ3n) is 1.79. The lowest BCUT2D eigenvalue weighted by molar-refractivity contribution is -0.135. The minimum absolute atomic E-state index is 0.556. The van der Waals surface area contributed by atoms with Crippen molar-refractivity contribution in [2.24, 2.45) is 0 Å². The van der Waals surface area contributed by atoms with Gasteiger partial charge in [-0.2, -0.15) is 4.72 Å². The van der Waals surface area contributed by atoms with Crippen molar-refractivity contribution in [3.05, 3.63) is 29.6 Å². The highest BCUT2D eigenvalue weighted by Crippen LogP contribution is 2.15. The third-order valence-corrected chi connectivity index (χ3v) is 3.22. The van der Waals surface area contributed by atoms with Crippen molar-refractivity contribution in [2.75, 3.05) is 6.54 Å². The molecule has 0 saturated carbocycles. The first kappa shape index (κ1) is 12.6. The zero-order valence-corrected chi connectivity index (χ0v) is 9.21. The van der Waals surface area contributed by atoms with Crippen LogP contribution in [0, 0.1) is 12.7 Å². The third kappa shape index (κ3) is 3.01. The average molecular weight is 247 g/mol. The number of aliphatic carboxylic acids is 1. The molecule has 1 aromatic rings. The Balaban J connectivity index is 3.03. The molecule has 0 unspecified atom stereocenters. The van der Waals surface area contributed by atoms with Crippen LogP contribution in [0.5, 0.6) is 0 Å². The van der Waals surface area contributed by atoms with E-state index < -0.39 is 33.3 Å². The Morgan fingerprint density at radius 3 is 2.62 bits per heavy atom. The van der Waals surface area contributed by atoms with Crippen LogP contribution in [0.4, 0.5) is 4.39 Å². The number of carboxylic acids is 1. The summed E-state index contributed by atoms with van der Waals surface area (Å²) >= 11 is 0. The Morgan fingerprint density at radius 1 is 1.50 bits per heavy atom. The van der Waals surface area contributed by atoms with Gasteiger partial charge in [-0.05, 0) is 24.6 Å². The van der Waals surface area contributed by atoms with E-state index >= 15 is 0 Å². The highest BCUT2D eigenvalue weighted by molar-refractivity contribution is 7.89. The van der Waals surface area contributed by atoms with Gasteiger partial charge in [-0.3, -0.25) is 4.79 Å². The van der Waals surface area contributed by atoms with Crippen LogP contribution in [0.15, 0.2) is 23.1 Å². The van der Waals surface area contributed by atoms with Crippen LogP contribution in [0.25, 0.3) is 0 Å². The van der Waals surface area contributed by atoms with Gasteiger partial charge in [-0.25, -0.2) is 12.8 Å². The van der Waals surface area contributed by atoms with E-state index in [0.29, 0.717) is 5.56 Å². The Hall–Kier alpha value is -1.47. The van der Waals surface area contributed by atoms with E-state index in [1.165, 1.54) is 6.07 Å². The summed E-state index contributed by atoms with van der Waals surface area (Å²) in [6.07, 6.45) is 0. The summed E-state index contributed by atoms with van der Waals surface area (Å²) in [5.41, 5.74) is 0.578. The predicted octanol–water partition coefficient (Wildman–Crippen LogP) is 0.497. The lowest BCUT2D eigenvalue weighted by atomic mass is 10.2. The van der Waals surface area contributed by atoms with Crippen molar-refractivity contribution in [2.45, 2.75) is 11.8 Å². The molecular weight excluding hydrogens is 237 g/mol. The monoisotopic (exact) mass is 247 g/mol. The van der Waals surface area contributed by atoms with Gasteiger partial charge in [0.25, 0.3) is 0 Å². The quantitative estimate of drug-likeness (QED) is 0.811. The maximum absolute atomic E-state index is 13.3. The average Bonchev–Trinajstić information content (AvgIpc) is 2.14. The number of nitrogens with one attached hydrogen (secondary N) is 1. The number of carbonyl (C=O) groups is 1. The standard InChI is InChI=1S/C9H10FNO4S/c1-6-2-3-8(7(10)4-6)16(14,15)11-5-9(12)13/h2-4,11H,5H2,1H3,(H,12,13). The van der Waals surface area contributed by atoms with Crippen molar-refractivity contribution in [3.8, 4) is 0 Å². The molecule has 0 atom stereocenters. The van der Waals surface area contributed by atoms with Crippen LogP contribution in [0.3, 0.4) is 0 Å². The first-order chi connectivity index (χ1) is 7.33.